The SMILES string of the molecule is COc1cc(OC)c(OC)cc1CNC(=O)CN1C(=O)NC(C)(c2ccc(C#N)cc2)C1=O. The number of imide groups is 1. The summed E-state index contributed by atoms with van der Waals surface area (Å²) in [5.41, 5.74) is 0.236. The topological polar surface area (TPSA) is 130 Å². The van der Waals surface area contributed by atoms with Crippen LogP contribution in [-0.2, 0) is 21.7 Å². The molecule has 1 heterocycles. The summed E-state index contributed by atoms with van der Waals surface area (Å²) in [6.45, 7) is 1.19. The molecule has 10 nitrogen and oxygen atoms in total. The standard InChI is InChI=1S/C23H24N4O6/c1-23(16-7-5-14(11-24)6-8-16)21(29)27(22(30)26-23)13-20(28)25-12-15-9-18(32-3)19(33-4)10-17(15)31-2/h5-10H,12-13H2,1-4H3,(H,25,28)(H,26,30). The van der Waals surface area contributed by atoms with E-state index in [4.69, 9.17) is 19.5 Å². The monoisotopic (exact) mass is 452 g/mol. The minimum absolute atomic E-state index is 0.0822. The van der Waals surface area contributed by atoms with Crippen LogP contribution in [0, 0.1) is 11.3 Å². The molecule has 172 valence electrons. The molecule has 1 atom stereocenters. The van der Waals surface area contributed by atoms with Crippen LogP contribution in [0.25, 0.3) is 0 Å². The summed E-state index contributed by atoms with van der Waals surface area (Å²) in [6.07, 6.45) is 0. The predicted octanol–water partition coefficient (Wildman–Crippen LogP) is 1.67. The first-order chi connectivity index (χ1) is 15.8. The summed E-state index contributed by atoms with van der Waals surface area (Å²) in [5.74, 6) is 0.340. The number of carbonyl (C=O) groups excluding carboxylic acids is 3. The molecule has 1 aliphatic heterocycles. The van der Waals surface area contributed by atoms with Gasteiger partial charge in [0.25, 0.3) is 5.91 Å². The maximum Gasteiger partial charge on any atom is 0.325 e. The van der Waals surface area contributed by atoms with Gasteiger partial charge in [-0.1, -0.05) is 12.1 Å². The Bertz CT molecular complexity index is 1130. The first-order valence-electron chi connectivity index (χ1n) is 9.97. The summed E-state index contributed by atoms with van der Waals surface area (Å²) in [4.78, 5) is 38.9. The van der Waals surface area contributed by atoms with Crippen molar-refractivity contribution in [1.82, 2.24) is 15.5 Å². The molecule has 2 N–H and O–H groups in total. The quantitative estimate of drug-likeness (QED) is 0.583. The van der Waals surface area contributed by atoms with Gasteiger partial charge in [0.2, 0.25) is 5.91 Å². The van der Waals surface area contributed by atoms with Crippen molar-refractivity contribution in [3.63, 3.8) is 0 Å². The Balaban J connectivity index is 1.70. The third-order valence-corrected chi connectivity index (χ3v) is 5.43. The van der Waals surface area contributed by atoms with Crippen LogP contribution in [0.3, 0.4) is 0 Å². The fourth-order valence-electron chi connectivity index (χ4n) is 3.54. The Hall–Kier alpha value is -4.26. The largest absolute Gasteiger partial charge is 0.496 e. The molecule has 2 aromatic rings. The molecule has 0 aromatic heterocycles. The molecule has 33 heavy (non-hydrogen) atoms. The second kappa shape index (κ2) is 9.48. The first kappa shape index (κ1) is 23.4. The minimum atomic E-state index is -1.34. The van der Waals surface area contributed by atoms with Crippen LogP contribution in [0.4, 0.5) is 4.79 Å². The summed E-state index contributed by atoms with van der Waals surface area (Å²) < 4.78 is 15.9. The van der Waals surface area contributed by atoms with Gasteiger partial charge in [-0.15, -0.1) is 0 Å². The number of benzene rings is 2. The van der Waals surface area contributed by atoms with E-state index in [1.54, 1.807) is 43.3 Å². The summed E-state index contributed by atoms with van der Waals surface area (Å²) in [6, 6.07) is 11.0. The van der Waals surface area contributed by atoms with Gasteiger partial charge in [0.05, 0.1) is 33.0 Å². The van der Waals surface area contributed by atoms with E-state index < -0.39 is 29.9 Å². The number of carbonyl (C=O) groups is 3. The Morgan fingerprint density at radius 1 is 1.06 bits per heavy atom. The van der Waals surface area contributed by atoms with Crippen molar-refractivity contribution in [2.24, 2.45) is 0 Å². The number of nitriles is 1. The molecule has 1 fully saturated rings. The lowest BCUT2D eigenvalue weighted by atomic mass is 9.91. The van der Waals surface area contributed by atoms with Crippen LogP contribution in [0.2, 0.25) is 0 Å². The Morgan fingerprint density at radius 2 is 1.67 bits per heavy atom. The average molecular weight is 452 g/mol. The van der Waals surface area contributed by atoms with E-state index in [-0.39, 0.29) is 6.54 Å². The van der Waals surface area contributed by atoms with Crippen molar-refractivity contribution < 1.29 is 28.6 Å². The van der Waals surface area contributed by atoms with E-state index in [9.17, 15) is 14.4 Å². The van der Waals surface area contributed by atoms with Crippen molar-refractivity contribution in [3.8, 4) is 23.3 Å². The Morgan fingerprint density at radius 3 is 2.24 bits per heavy atom. The van der Waals surface area contributed by atoms with Gasteiger partial charge in [-0.2, -0.15) is 5.26 Å². The van der Waals surface area contributed by atoms with E-state index in [0.29, 0.717) is 33.9 Å². The zero-order chi connectivity index (χ0) is 24.2. The number of ether oxygens (including phenoxy) is 3. The minimum Gasteiger partial charge on any atom is -0.496 e. The van der Waals surface area contributed by atoms with Gasteiger partial charge in [-0.05, 0) is 30.7 Å². The zero-order valence-corrected chi connectivity index (χ0v) is 18.7. The maximum atomic E-state index is 13.0. The predicted molar refractivity (Wildman–Crippen MR) is 117 cm³/mol. The van der Waals surface area contributed by atoms with Crippen molar-refractivity contribution in [2.45, 2.75) is 19.0 Å². The highest BCUT2D eigenvalue weighted by molar-refractivity contribution is 6.09. The molecular weight excluding hydrogens is 428 g/mol. The van der Waals surface area contributed by atoms with E-state index >= 15 is 0 Å². The second-order valence-electron chi connectivity index (χ2n) is 7.43. The van der Waals surface area contributed by atoms with Gasteiger partial charge in [-0.25, -0.2) is 4.79 Å². The fraction of sp³-hybridized carbons (Fsp3) is 0.304. The number of rotatable bonds is 8. The fourth-order valence-corrected chi connectivity index (χ4v) is 3.54. The van der Waals surface area contributed by atoms with Crippen LogP contribution in [-0.4, -0.2) is 50.6 Å². The van der Waals surface area contributed by atoms with Gasteiger partial charge < -0.3 is 24.8 Å². The van der Waals surface area contributed by atoms with E-state index in [2.05, 4.69) is 10.6 Å². The number of amides is 4. The molecule has 1 aliphatic rings. The van der Waals surface area contributed by atoms with Gasteiger partial charge in [0, 0.05) is 18.2 Å². The molecule has 0 radical (unpaired) electrons. The van der Waals surface area contributed by atoms with Crippen molar-refractivity contribution in [2.75, 3.05) is 27.9 Å². The lowest BCUT2D eigenvalue weighted by Crippen LogP contribution is -2.43. The highest BCUT2D eigenvalue weighted by Crippen LogP contribution is 2.34. The lowest BCUT2D eigenvalue weighted by molar-refractivity contribution is -0.134. The number of hydrogen-bond donors (Lipinski definition) is 2. The van der Waals surface area contributed by atoms with Gasteiger partial charge in [-0.3, -0.25) is 14.5 Å². The second-order valence-corrected chi connectivity index (χ2v) is 7.43. The van der Waals surface area contributed by atoms with E-state index in [0.717, 1.165) is 4.90 Å². The third kappa shape index (κ3) is 4.52. The van der Waals surface area contributed by atoms with Crippen molar-refractivity contribution in [3.05, 3.63) is 53.1 Å². The van der Waals surface area contributed by atoms with Crippen LogP contribution in [0.15, 0.2) is 36.4 Å². The Labute approximate surface area is 191 Å². The van der Waals surface area contributed by atoms with Crippen LogP contribution in [0.1, 0.15) is 23.6 Å². The Kier molecular flexibility index (Phi) is 6.72. The molecule has 1 unspecified atom stereocenters. The summed E-state index contributed by atoms with van der Waals surface area (Å²) in [7, 11) is 4.49. The van der Waals surface area contributed by atoms with Crippen LogP contribution in [0.5, 0.6) is 17.2 Å². The number of nitrogens with zero attached hydrogens (tertiary/aromatic N) is 2. The number of nitrogens with one attached hydrogen (secondary N) is 2. The third-order valence-electron chi connectivity index (χ3n) is 5.43. The number of hydrogen-bond acceptors (Lipinski definition) is 7. The lowest BCUT2D eigenvalue weighted by Gasteiger charge is -2.22. The number of methoxy groups -OCH3 is 3. The molecule has 0 spiro atoms. The zero-order valence-electron chi connectivity index (χ0n) is 18.7. The van der Waals surface area contributed by atoms with Gasteiger partial charge >= 0.3 is 6.03 Å². The molecule has 1 saturated heterocycles. The summed E-state index contributed by atoms with van der Waals surface area (Å²) >= 11 is 0. The van der Waals surface area contributed by atoms with E-state index in [1.165, 1.54) is 21.3 Å². The molecule has 0 bridgehead atoms. The van der Waals surface area contributed by atoms with Crippen LogP contribution >= 0.6 is 0 Å². The van der Waals surface area contributed by atoms with Crippen LogP contribution < -0.4 is 24.8 Å². The summed E-state index contributed by atoms with van der Waals surface area (Å²) in [5, 5.41) is 14.3. The average Bonchev–Trinajstić information content (AvgIpc) is 3.05. The molecule has 3 rings (SSSR count). The molecular formula is C23H24N4O6. The highest BCUT2D eigenvalue weighted by Gasteiger charge is 2.49. The van der Waals surface area contributed by atoms with Crippen molar-refractivity contribution >= 4 is 17.8 Å². The first-order valence-corrected chi connectivity index (χ1v) is 9.97. The van der Waals surface area contributed by atoms with E-state index in [1.807, 2.05) is 6.07 Å². The highest BCUT2D eigenvalue weighted by atomic mass is 16.5. The molecule has 2 aromatic carbocycles. The smallest absolute Gasteiger partial charge is 0.325 e. The molecule has 10 heteroatoms. The molecule has 4 amide bonds. The normalized spacial score (nSPS) is 17.2. The molecule has 0 aliphatic carbocycles. The van der Waals surface area contributed by atoms with Crippen molar-refractivity contribution in [1.29, 1.82) is 5.26 Å². The maximum absolute atomic E-state index is 13.0. The van der Waals surface area contributed by atoms with Gasteiger partial charge in [0.1, 0.15) is 17.8 Å². The van der Waals surface area contributed by atoms with Gasteiger partial charge in [0.15, 0.2) is 11.5 Å². The molecule has 0 saturated carbocycles. The number of urea groups is 1.